The molecular weight excluding hydrogens is 703 g/mol. The number of anilines is 2. The van der Waals surface area contributed by atoms with Gasteiger partial charge in [0.25, 0.3) is 0 Å². The molecule has 0 radical (unpaired) electrons. The Morgan fingerprint density at radius 3 is 2.33 bits per heavy atom. The quantitative estimate of drug-likeness (QED) is 0.0447. The number of nitrogens with one attached hydrogen (secondary N) is 2. The average molecular weight is 750 g/mol. The van der Waals surface area contributed by atoms with E-state index >= 15 is 0 Å². The van der Waals surface area contributed by atoms with E-state index in [1.165, 1.54) is 0 Å². The van der Waals surface area contributed by atoms with Crippen molar-refractivity contribution < 1.29 is 24.2 Å². The molecule has 54 heavy (non-hydrogen) atoms. The maximum Gasteiger partial charge on any atom is 0.224 e. The molecule has 0 aliphatic carbocycles. The van der Waals surface area contributed by atoms with Gasteiger partial charge in [-0.3, -0.25) is 9.59 Å². The number of para-hydroxylation sites is 2. The van der Waals surface area contributed by atoms with Crippen LogP contribution in [0.25, 0.3) is 11.1 Å². The molecule has 2 heterocycles. The molecule has 5 N–H and O–H groups in total. The molecule has 1 saturated heterocycles. The van der Waals surface area contributed by atoms with E-state index in [2.05, 4.69) is 50.4 Å². The molecule has 0 bridgehead atoms. The largest absolute Gasteiger partial charge is 0.397 e. The average Bonchev–Trinajstić information content (AvgIpc) is 3.62. The number of thioether (sulfide) groups is 1. The molecule has 5 aromatic rings. The summed E-state index contributed by atoms with van der Waals surface area (Å²) in [6.07, 6.45) is 3.87. The minimum atomic E-state index is -0.599. The lowest BCUT2D eigenvalue weighted by Gasteiger charge is -2.36. The maximum atomic E-state index is 12.6. The van der Waals surface area contributed by atoms with Gasteiger partial charge in [-0.05, 0) is 75.4 Å². The van der Waals surface area contributed by atoms with Crippen LogP contribution in [-0.2, 0) is 39.3 Å². The van der Waals surface area contributed by atoms with E-state index < -0.39 is 6.29 Å². The number of hydrogen-bond donors (Lipinski definition) is 4. The smallest absolute Gasteiger partial charge is 0.224 e. The van der Waals surface area contributed by atoms with E-state index in [0.29, 0.717) is 48.1 Å². The van der Waals surface area contributed by atoms with Crippen molar-refractivity contribution in [2.45, 2.75) is 81.8 Å². The van der Waals surface area contributed by atoms with Crippen molar-refractivity contribution in [1.82, 2.24) is 25.5 Å². The van der Waals surface area contributed by atoms with Gasteiger partial charge in [-0.25, -0.2) is 4.68 Å². The van der Waals surface area contributed by atoms with Crippen molar-refractivity contribution in [2.24, 2.45) is 7.05 Å². The van der Waals surface area contributed by atoms with Crippen molar-refractivity contribution in [3.63, 3.8) is 0 Å². The van der Waals surface area contributed by atoms with Crippen molar-refractivity contribution >= 4 is 35.0 Å². The first-order valence-electron chi connectivity index (χ1n) is 18.3. The number of tetrazole rings is 1. The second-order valence-electron chi connectivity index (χ2n) is 13.4. The highest BCUT2D eigenvalue weighted by atomic mass is 32.2. The predicted octanol–water partition coefficient (Wildman–Crippen LogP) is 6.88. The van der Waals surface area contributed by atoms with Crippen LogP contribution in [0.2, 0.25) is 0 Å². The van der Waals surface area contributed by atoms with E-state index in [9.17, 15) is 14.7 Å². The first-order valence-corrected chi connectivity index (χ1v) is 19.3. The number of nitrogen functional groups attached to an aromatic ring is 1. The van der Waals surface area contributed by atoms with Crippen LogP contribution in [-0.4, -0.2) is 49.0 Å². The Hall–Kier alpha value is -5.08. The molecule has 1 fully saturated rings. The molecule has 0 spiro atoms. The van der Waals surface area contributed by atoms with Gasteiger partial charge < -0.3 is 30.9 Å². The number of unbranched alkanes of at least 4 members (excludes halogenated alkanes) is 3. The van der Waals surface area contributed by atoms with Crippen LogP contribution in [0.5, 0.6) is 0 Å². The number of aliphatic hydroxyl groups excluding tert-OH is 1. The minimum absolute atomic E-state index is 0.00926. The summed E-state index contributed by atoms with van der Waals surface area (Å²) in [4.78, 5) is 24.9. The van der Waals surface area contributed by atoms with Gasteiger partial charge in [0.1, 0.15) is 0 Å². The summed E-state index contributed by atoms with van der Waals surface area (Å²) in [5.41, 5.74) is 12.9. The molecule has 12 nitrogen and oxygen atoms in total. The molecule has 282 valence electrons. The molecule has 1 aromatic heterocycles. The molecule has 0 saturated carbocycles. The van der Waals surface area contributed by atoms with E-state index in [1.54, 1.807) is 28.6 Å². The third-order valence-corrected chi connectivity index (χ3v) is 10.4. The molecule has 3 unspecified atom stereocenters. The number of aliphatic hydroxyl groups is 1. The summed E-state index contributed by atoms with van der Waals surface area (Å²) in [7, 11) is 1.82. The lowest BCUT2D eigenvalue weighted by Crippen LogP contribution is -2.31. The fourth-order valence-corrected chi connectivity index (χ4v) is 7.16. The number of aromatic nitrogens is 4. The zero-order valence-corrected chi connectivity index (χ0v) is 31.2. The lowest BCUT2D eigenvalue weighted by atomic mass is 9.99. The molecule has 1 aliphatic heterocycles. The SMILES string of the molecule is Cn1nnnc1SCC1CC(c2ccc(CO)cc2)OC(c2cccc(-c3cccc(CNC(=O)CCCCCCC(=O)Nc4ccccc4N)c3)c2)O1. The van der Waals surface area contributed by atoms with Crippen LogP contribution in [0.4, 0.5) is 11.4 Å². The standard InChI is InChI=1S/C41H47N7O5S/c1-48-41(45-46-47-48)54-27-34-24-37(30-20-18-28(26-49)19-21-30)53-40(52-34)33-13-9-12-32(23-33)31-11-8-10-29(22-31)25-43-38(50)16-4-2-3-5-17-39(51)44-36-15-7-6-14-35(36)42/h6-15,18-23,34,37,40,49H,2-5,16-17,24-27,42H2,1H3,(H,43,50)(H,44,51). The fraction of sp³-hybridized carbons (Fsp3) is 0.341. The Morgan fingerprint density at radius 2 is 1.59 bits per heavy atom. The van der Waals surface area contributed by atoms with Crippen molar-refractivity contribution in [3.8, 4) is 11.1 Å². The van der Waals surface area contributed by atoms with Gasteiger partial charge in [0.05, 0.1) is 30.2 Å². The Balaban J connectivity index is 1.00. The van der Waals surface area contributed by atoms with Crippen LogP contribution < -0.4 is 16.4 Å². The summed E-state index contributed by atoms with van der Waals surface area (Å²) < 4.78 is 14.8. The third kappa shape index (κ3) is 11.0. The van der Waals surface area contributed by atoms with Gasteiger partial charge in [0.2, 0.25) is 17.0 Å². The van der Waals surface area contributed by atoms with E-state index in [1.807, 2.05) is 67.7 Å². The molecule has 2 amide bonds. The van der Waals surface area contributed by atoms with Crippen LogP contribution in [0.15, 0.2) is 102 Å². The number of carbonyl (C=O) groups is 2. The minimum Gasteiger partial charge on any atom is -0.397 e. The van der Waals surface area contributed by atoms with Crippen LogP contribution in [0.1, 0.15) is 79.6 Å². The number of carbonyl (C=O) groups excluding carboxylic acids is 2. The number of hydrogen-bond acceptors (Lipinski definition) is 10. The third-order valence-electron chi connectivity index (χ3n) is 9.30. The van der Waals surface area contributed by atoms with Crippen LogP contribution >= 0.6 is 11.8 Å². The monoisotopic (exact) mass is 749 g/mol. The number of nitrogens with two attached hydrogens (primary N) is 1. The summed E-state index contributed by atoms with van der Waals surface area (Å²) in [6.45, 7) is 0.418. The van der Waals surface area contributed by atoms with Crippen molar-refractivity contribution in [2.75, 3.05) is 16.8 Å². The van der Waals surface area contributed by atoms with Crippen LogP contribution in [0, 0.1) is 0 Å². The molecule has 13 heteroatoms. The second-order valence-corrected chi connectivity index (χ2v) is 14.4. The van der Waals surface area contributed by atoms with Gasteiger partial charge in [0, 0.05) is 44.2 Å². The van der Waals surface area contributed by atoms with Gasteiger partial charge in [-0.15, -0.1) is 5.10 Å². The summed E-state index contributed by atoms with van der Waals surface area (Å²) in [5, 5.41) is 28.0. The number of amides is 2. The molecule has 1 aliphatic rings. The van der Waals surface area contributed by atoms with Gasteiger partial charge in [0.15, 0.2) is 6.29 Å². The summed E-state index contributed by atoms with van der Waals surface area (Å²) >= 11 is 1.54. The Bertz CT molecular complexity index is 1990. The number of nitrogens with zero attached hydrogens (tertiary/aromatic N) is 4. The zero-order valence-electron chi connectivity index (χ0n) is 30.4. The van der Waals surface area contributed by atoms with E-state index in [0.717, 1.165) is 59.1 Å². The molecule has 6 rings (SSSR count). The highest BCUT2D eigenvalue weighted by molar-refractivity contribution is 7.99. The number of aryl methyl sites for hydroxylation is 1. The fourth-order valence-electron chi connectivity index (χ4n) is 6.30. The lowest BCUT2D eigenvalue weighted by molar-refractivity contribution is -0.245. The predicted molar refractivity (Wildman–Crippen MR) is 209 cm³/mol. The number of rotatable bonds is 17. The Labute approximate surface area is 319 Å². The zero-order chi connectivity index (χ0) is 37.7. The van der Waals surface area contributed by atoms with Gasteiger partial charge in [-0.1, -0.05) is 97.4 Å². The number of benzene rings is 4. The van der Waals surface area contributed by atoms with Gasteiger partial charge >= 0.3 is 0 Å². The molecule has 3 atom stereocenters. The highest BCUT2D eigenvalue weighted by Gasteiger charge is 2.32. The molecular formula is C41H47N7O5S. The molecule has 4 aromatic carbocycles. The number of ether oxygens (including phenoxy) is 2. The topological polar surface area (TPSA) is 167 Å². The van der Waals surface area contributed by atoms with E-state index in [4.69, 9.17) is 15.2 Å². The van der Waals surface area contributed by atoms with Crippen LogP contribution in [0.3, 0.4) is 0 Å². The second kappa shape index (κ2) is 19.3. The first kappa shape index (κ1) is 38.6. The van der Waals surface area contributed by atoms with Crippen molar-refractivity contribution in [3.05, 3.63) is 119 Å². The first-order chi connectivity index (χ1) is 26.3. The summed E-state index contributed by atoms with van der Waals surface area (Å²) in [6, 6.07) is 31.4. The highest BCUT2D eigenvalue weighted by Crippen LogP contribution is 2.40. The van der Waals surface area contributed by atoms with E-state index in [-0.39, 0.29) is 30.6 Å². The van der Waals surface area contributed by atoms with Crippen molar-refractivity contribution in [1.29, 1.82) is 0 Å². The Morgan fingerprint density at radius 1 is 0.852 bits per heavy atom. The Kier molecular flexibility index (Phi) is 13.8. The normalized spacial score (nSPS) is 16.9. The maximum absolute atomic E-state index is 12.6. The summed E-state index contributed by atoms with van der Waals surface area (Å²) in [5.74, 6) is 0.605. The van der Waals surface area contributed by atoms with Gasteiger partial charge in [-0.2, -0.15) is 0 Å².